The second-order valence-corrected chi connectivity index (χ2v) is 7.55. The Kier molecular flexibility index (Phi) is 6.45. The van der Waals surface area contributed by atoms with Gasteiger partial charge in [-0.1, -0.05) is 52.3 Å². The van der Waals surface area contributed by atoms with Gasteiger partial charge in [-0.15, -0.1) is 0 Å². The van der Waals surface area contributed by atoms with Crippen molar-refractivity contribution in [3.8, 4) is 0 Å². The topological polar surface area (TPSA) is 49.4 Å². The molecule has 0 bridgehead atoms. The van der Waals surface area contributed by atoms with Crippen LogP contribution in [0.15, 0.2) is 59.1 Å². The Labute approximate surface area is 162 Å². The highest BCUT2D eigenvalue weighted by Gasteiger charge is 2.24. The van der Waals surface area contributed by atoms with Crippen LogP contribution in [-0.2, 0) is 11.2 Å². The molecule has 0 unspecified atom stereocenters. The van der Waals surface area contributed by atoms with E-state index in [-0.39, 0.29) is 17.9 Å². The molecule has 2 aromatic carbocycles. The molecule has 1 N–H and O–H groups in total. The molecule has 1 fully saturated rings. The van der Waals surface area contributed by atoms with Crippen LogP contribution in [0.1, 0.15) is 35.2 Å². The predicted octanol–water partition coefficient (Wildman–Crippen LogP) is 3.80. The molecule has 1 saturated heterocycles. The first-order valence-electron chi connectivity index (χ1n) is 9.00. The molecule has 136 valence electrons. The van der Waals surface area contributed by atoms with Gasteiger partial charge in [-0.2, -0.15) is 0 Å². The number of halogens is 1. The molecular formula is C21H23BrN2O2. The Hall–Kier alpha value is -2.14. The van der Waals surface area contributed by atoms with E-state index in [0.717, 1.165) is 23.7 Å². The predicted molar refractivity (Wildman–Crippen MR) is 106 cm³/mol. The normalized spacial score (nSPS) is 14.9. The summed E-state index contributed by atoms with van der Waals surface area (Å²) in [5.41, 5.74) is 1.88. The van der Waals surface area contributed by atoms with Crippen LogP contribution in [0.4, 0.5) is 0 Å². The Morgan fingerprint density at radius 3 is 2.46 bits per heavy atom. The SMILES string of the molecule is O=C(CCc1ccccc1)NC1CCN(C(=O)c2cccc(Br)c2)CC1. The zero-order chi connectivity index (χ0) is 18.4. The van der Waals surface area contributed by atoms with E-state index in [4.69, 9.17) is 0 Å². The maximum atomic E-state index is 12.6. The molecule has 0 saturated carbocycles. The van der Waals surface area contributed by atoms with Gasteiger partial charge in [0.25, 0.3) is 5.91 Å². The van der Waals surface area contributed by atoms with Crippen molar-refractivity contribution in [3.63, 3.8) is 0 Å². The molecule has 26 heavy (non-hydrogen) atoms. The Bertz CT molecular complexity index is 756. The summed E-state index contributed by atoms with van der Waals surface area (Å²) in [6, 6.07) is 17.7. The fourth-order valence-electron chi connectivity index (χ4n) is 3.23. The minimum absolute atomic E-state index is 0.0557. The molecule has 0 aromatic heterocycles. The number of piperidine rings is 1. The van der Waals surface area contributed by atoms with Crippen LogP contribution in [0.25, 0.3) is 0 Å². The van der Waals surface area contributed by atoms with E-state index in [0.29, 0.717) is 25.1 Å². The number of hydrogen-bond donors (Lipinski definition) is 1. The van der Waals surface area contributed by atoms with E-state index in [9.17, 15) is 9.59 Å². The molecular weight excluding hydrogens is 392 g/mol. The zero-order valence-electron chi connectivity index (χ0n) is 14.7. The fraction of sp³-hybridized carbons (Fsp3) is 0.333. The number of nitrogens with zero attached hydrogens (tertiary/aromatic N) is 1. The molecule has 1 aliphatic rings. The first-order chi connectivity index (χ1) is 12.6. The van der Waals surface area contributed by atoms with Gasteiger partial charge < -0.3 is 10.2 Å². The van der Waals surface area contributed by atoms with Gasteiger partial charge in [-0.05, 0) is 43.0 Å². The maximum Gasteiger partial charge on any atom is 0.253 e. The first kappa shape index (κ1) is 18.6. The molecule has 1 heterocycles. The molecule has 4 nitrogen and oxygen atoms in total. The maximum absolute atomic E-state index is 12.6. The quantitative estimate of drug-likeness (QED) is 0.808. The lowest BCUT2D eigenvalue weighted by Gasteiger charge is -2.32. The van der Waals surface area contributed by atoms with E-state index in [1.807, 2.05) is 59.5 Å². The van der Waals surface area contributed by atoms with E-state index >= 15 is 0 Å². The van der Waals surface area contributed by atoms with Gasteiger partial charge in [0, 0.05) is 35.6 Å². The number of benzene rings is 2. The van der Waals surface area contributed by atoms with Crippen LogP contribution >= 0.6 is 15.9 Å². The van der Waals surface area contributed by atoms with Crippen LogP contribution in [0.5, 0.6) is 0 Å². The van der Waals surface area contributed by atoms with E-state index in [1.54, 1.807) is 0 Å². The number of nitrogens with one attached hydrogen (secondary N) is 1. The lowest BCUT2D eigenvalue weighted by atomic mass is 10.0. The van der Waals surface area contributed by atoms with Crippen LogP contribution < -0.4 is 5.32 Å². The highest BCUT2D eigenvalue weighted by molar-refractivity contribution is 9.10. The highest BCUT2D eigenvalue weighted by atomic mass is 79.9. The number of aryl methyl sites for hydroxylation is 1. The number of carbonyl (C=O) groups is 2. The van der Waals surface area contributed by atoms with Crippen molar-refractivity contribution in [1.82, 2.24) is 10.2 Å². The van der Waals surface area contributed by atoms with E-state index in [2.05, 4.69) is 21.2 Å². The van der Waals surface area contributed by atoms with Gasteiger partial charge >= 0.3 is 0 Å². The third kappa shape index (κ3) is 5.18. The molecule has 5 heteroatoms. The van der Waals surface area contributed by atoms with Gasteiger partial charge in [0.15, 0.2) is 0 Å². The van der Waals surface area contributed by atoms with E-state index in [1.165, 1.54) is 5.56 Å². The summed E-state index contributed by atoms with van der Waals surface area (Å²) in [6.45, 7) is 1.35. The number of amides is 2. The Morgan fingerprint density at radius 2 is 1.77 bits per heavy atom. The minimum atomic E-state index is 0.0557. The van der Waals surface area contributed by atoms with Crippen molar-refractivity contribution in [2.45, 2.75) is 31.7 Å². The average Bonchev–Trinajstić information content (AvgIpc) is 2.67. The standard InChI is InChI=1S/C21H23BrN2O2/c22-18-8-4-7-17(15-18)21(26)24-13-11-19(12-14-24)23-20(25)10-9-16-5-2-1-3-6-16/h1-8,15,19H,9-14H2,(H,23,25). The average molecular weight is 415 g/mol. The van der Waals surface area contributed by atoms with Gasteiger partial charge in [-0.3, -0.25) is 9.59 Å². The molecule has 0 aliphatic carbocycles. The summed E-state index contributed by atoms with van der Waals surface area (Å²) in [4.78, 5) is 26.6. The lowest BCUT2D eigenvalue weighted by molar-refractivity contribution is -0.122. The summed E-state index contributed by atoms with van der Waals surface area (Å²) >= 11 is 3.40. The summed E-state index contributed by atoms with van der Waals surface area (Å²) in [5.74, 6) is 0.144. The largest absolute Gasteiger partial charge is 0.353 e. The molecule has 2 amide bonds. The highest BCUT2D eigenvalue weighted by Crippen LogP contribution is 2.17. The molecule has 0 atom stereocenters. The van der Waals surface area contributed by atoms with Gasteiger partial charge in [-0.25, -0.2) is 0 Å². The Balaban J connectivity index is 1.43. The van der Waals surface area contributed by atoms with Crippen molar-refractivity contribution < 1.29 is 9.59 Å². The van der Waals surface area contributed by atoms with E-state index < -0.39 is 0 Å². The first-order valence-corrected chi connectivity index (χ1v) is 9.79. The van der Waals surface area contributed by atoms with Crippen molar-refractivity contribution in [2.75, 3.05) is 13.1 Å². The minimum Gasteiger partial charge on any atom is -0.353 e. The molecule has 0 spiro atoms. The summed E-state index contributed by atoms with van der Waals surface area (Å²) in [6.07, 6.45) is 2.86. The third-order valence-electron chi connectivity index (χ3n) is 4.70. The van der Waals surface area contributed by atoms with Crippen LogP contribution in [0.3, 0.4) is 0 Å². The molecule has 2 aromatic rings. The number of rotatable bonds is 5. The van der Waals surface area contributed by atoms with Crippen LogP contribution in [-0.4, -0.2) is 35.8 Å². The van der Waals surface area contributed by atoms with Crippen molar-refractivity contribution >= 4 is 27.7 Å². The lowest BCUT2D eigenvalue weighted by Crippen LogP contribution is -2.46. The molecule has 1 aliphatic heterocycles. The zero-order valence-corrected chi connectivity index (χ0v) is 16.2. The smallest absolute Gasteiger partial charge is 0.253 e. The summed E-state index contributed by atoms with van der Waals surface area (Å²) < 4.78 is 0.906. The monoisotopic (exact) mass is 414 g/mol. The fourth-order valence-corrected chi connectivity index (χ4v) is 3.63. The number of hydrogen-bond acceptors (Lipinski definition) is 2. The summed E-state index contributed by atoms with van der Waals surface area (Å²) in [7, 11) is 0. The van der Waals surface area contributed by atoms with Crippen LogP contribution in [0.2, 0.25) is 0 Å². The number of carbonyl (C=O) groups excluding carboxylic acids is 2. The number of likely N-dealkylation sites (tertiary alicyclic amines) is 1. The Morgan fingerprint density at radius 1 is 1.04 bits per heavy atom. The second-order valence-electron chi connectivity index (χ2n) is 6.63. The molecule has 0 radical (unpaired) electrons. The van der Waals surface area contributed by atoms with Crippen LogP contribution in [0, 0.1) is 0 Å². The van der Waals surface area contributed by atoms with Crippen molar-refractivity contribution in [1.29, 1.82) is 0 Å². The van der Waals surface area contributed by atoms with Gasteiger partial charge in [0.1, 0.15) is 0 Å². The van der Waals surface area contributed by atoms with Gasteiger partial charge in [0.05, 0.1) is 0 Å². The van der Waals surface area contributed by atoms with Gasteiger partial charge in [0.2, 0.25) is 5.91 Å². The third-order valence-corrected chi connectivity index (χ3v) is 5.20. The van der Waals surface area contributed by atoms with Crippen molar-refractivity contribution in [3.05, 3.63) is 70.2 Å². The summed E-state index contributed by atoms with van der Waals surface area (Å²) in [5, 5.41) is 3.11. The second kappa shape index (κ2) is 8.99. The van der Waals surface area contributed by atoms with Crippen molar-refractivity contribution in [2.24, 2.45) is 0 Å². The molecule has 3 rings (SSSR count).